The van der Waals surface area contributed by atoms with Crippen LogP contribution in [0.4, 0.5) is 18.9 Å². The number of phenols is 1. The second kappa shape index (κ2) is 10.7. The molecule has 134 valence electrons. The standard InChI is InChI=1S/C8H5F3O.C8H8N2O.C2H6/c9-8(10,11)7-4-2-1-3-6(7)5-12;1-10-7-4-6(5-9)2-3-8(7)11;1-2/h1-5H;2-4,10-11H,1H3;1-2H3. The van der Waals surface area contributed by atoms with Gasteiger partial charge in [0.25, 0.3) is 0 Å². The van der Waals surface area contributed by atoms with Crippen LogP contribution in [-0.4, -0.2) is 18.4 Å². The number of aromatic hydroxyl groups is 1. The van der Waals surface area contributed by atoms with Crippen LogP contribution in [0.1, 0.15) is 35.3 Å². The Morgan fingerprint density at radius 3 is 2.20 bits per heavy atom. The average Bonchev–Trinajstić information content (AvgIpc) is 2.63. The summed E-state index contributed by atoms with van der Waals surface area (Å²) < 4.78 is 36.2. The van der Waals surface area contributed by atoms with E-state index in [9.17, 15) is 18.0 Å². The predicted molar refractivity (Wildman–Crippen MR) is 90.5 cm³/mol. The third-order valence-corrected chi connectivity index (χ3v) is 2.79. The highest BCUT2D eigenvalue weighted by Gasteiger charge is 2.32. The van der Waals surface area contributed by atoms with Crippen molar-refractivity contribution in [1.82, 2.24) is 0 Å². The van der Waals surface area contributed by atoms with Gasteiger partial charge in [0, 0.05) is 12.6 Å². The van der Waals surface area contributed by atoms with Crippen LogP contribution in [0.2, 0.25) is 0 Å². The van der Waals surface area contributed by atoms with E-state index in [1.54, 1.807) is 19.2 Å². The fraction of sp³-hybridized carbons (Fsp3) is 0.222. The van der Waals surface area contributed by atoms with Crippen LogP contribution in [-0.2, 0) is 6.18 Å². The molecular weight excluding hydrogens is 333 g/mol. The molecule has 0 saturated heterocycles. The largest absolute Gasteiger partial charge is 0.506 e. The molecule has 0 radical (unpaired) electrons. The summed E-state index contributed by atoms with van der Waals surface area (Å²) in [5.74, 6) is 0.159. The number of alkyl halides is 3. The van der Waals surface area contributed by atoms with Crippen molar-refractivity contribution in [2.24, 2.45) is 0 Å². The van der Waals surface area contributed by atoms with E-state index >= 15 is 0 Å². The van der Waals surface area contributed by atoms with Gasteiger partial charge in [0.2, 0.25) is 0 Å². The molecule has 0 aliphatic carbocycles. The van der Waals surface area contributed by atoms with Crippen LogP contribution < -0.4 is 5.32 Å². The molecule has 2 aromatic rings. The third-order valence-electron chi connectivity index (χ3n) is 2.79. The number of aldehydes is 1. The number of carbonyl (C=O) groups excluding carboxylic acids is 1. The maximum absolute atomic E-state index is 12.1. The zero-order chi connectivity index (χ0) is 19.5. The van der Waals surface area contributed by atoms with Crippen LogP contribution in [0.5, 0.6) is 5.75 Å². The molecule has 4 nitrogen and oxygen atoms in total. The minimum atomic E-state index is -4.45. The lowest BCUT2D eigenvalue weighted by atomic mass is 10.1. The van der Waals surface area contributed by atoms with Crippen molar-refractivity contribution in [3.8, 4) is 11.8 Å². The molecule has 0 bridgehead atoms. The quantitative estimate of drug-likeness (QED) is 0.599. The molecule has 0 spiro atoms. The molecule has 2 N–H and O–H groups in total. The van der Waals surface area contributed by atoms with Gasteiger partial charge in [-0.2, -0.15) is 18.4 Å². The molecule has 0 atom stereocenters. The summed E-state index contributed by atoms with van der Waals surface area (Å²) in [4.78, 5) is 10.2. The monoisotopic (exact) mass is 352 g/mol. The molecule has 0 aliphatic heterocycles. The fourth-order valence-electron chi connectivity index (χ4n) is 1.66. The van der Waals surface area contributed by atoms with Gasteiger partial charge >= 0.3 is 6.18 Å². The molecule has 0 saturated carbocycles. The molecule has 7 heteroatoms. The van der Waals surface area contributed by atoms with Crippen molar-refractivity contribution in [3.63, 3.8) is 0 Å². The number of rotatable bonds is 2. The number of phenolic OH excluding ortho intramolecular Hbond substituents is 1. The lowest BCUT2D eigenvalue weighted by Crippen LogP contribution is -2.08. The van der Waals surface area contributed by atoms with E-state index in [1.165, 1.54) is 18.2 Å². The summed E-state index contributed by atoms with van der Waals surface area (Å²) in [6, 6.07) is 11.3. The van der Waals surface area contributed by atoms with Crippen LogP contribution >= 0.6 is 0 Å². The molecule has 2 aromatic carbocycles. The maximum atomic E-state index is 12.1. The number of anilines is 1. The van der Waals surface area contributed by atoms with Crippen molar-refractivity contribution < 1.29 is 23.1 Å². The number of hydrogen-bond acceptors (Lipinski definition) is 4. The Balaban J connectivity index is 0.000000421. The van der Waals surface area contributed by atoms with Crippen molar-refractivity contribution in [2.75, 3.05) is 12.4 Å². The van der Waals surface area contributed by atoms with E-state index in [0.29, 0.717) is 11.3 Å². The van der Waals surface area contributed by atoms with Gasteiger partial charge in [-0.1, -0.05) is 32.0 Å². The minimum absolute atomic E-state index is 0.159. The molecule has 0 amide bonds. The molecule has 0 aromatic heterocycles. The highest BCUT2D eigenvalue weighted by molar-refractivity contribution is 5.77. The highest BCUT2D eigenvalue weighted by Crippen LogP contribution is 2.30. The number of nitrogens with zero attached hydrogens (tertiary/aromatic N) is 1. The summed E-state index contributed by atoms with van der Waals surface area (Å²) in [6.45, 7) is 4.00. The third kappa shape index (κ3) is 6.96. The van der Waals surface area contributed by atoms with Crippen molar-refractivity contribution in [1.29, 1.82) is 5.26 Å². The molecule has 0 aliphatic rings. The Morgan fingerprint density at radius 1 is 1.16 bits per heavy atom. The van der Waals surface area contributed by atoms with Crippen molar-refractivity contribution in [2.45, 2.75) is 20.0 Å². The van der Waals surface area contributed by atoms with Crippen molar-refractivity contribution in [3.05, 3.63) is 59.2 Å². The Hall–Kier alpha value is -3.01. The van der Waals surface area contributed by atoms with Gasteiger partial charge in [-0.3, -0.25) is 4.79 Å². The smallest absolute Gasteiger partial charge is 0.417 e. The number of halogens is 3. The Bertz CT molecular complexity index is 723. The first-order chi connectivity index (χ1) is 11.8. The second-order valence-electron chi connectivity index (χ2n) is 4.30. The molecular formula is C18H19F3N2O2. The van der Waals surface area contributed by atoms with E-state index < -0.39 is 11.7 Å². The van der Waals surface area contributed by atoms with E-state index in [1.807, 2.05) is 19.9 Å². The van der Waals surface area contributed by atoms with Gasteiger partial charge in [-0.25, -0.2) is 0 Å². The SMILES string of the molecule is CC.CNc1cc(C#N)ccc1O.O=Cc1ccccc1C(F)(F)F. The fourth-order valence-corrected chi connectivity index (χ4v) is 1.66. The Morgan fingerprint density at radius 2 is 1.76 bits per heavy atom. The number of nitriles is 1. The summed E-state index contributed by atoms with van der Waals surface area (Å²) in [6.07, 6.45) is -4.25. The highest BCUT2D eigenvalue weighted by atomic mass is 19.4. The normalized spacial score (nSPS) is 9.48. The second-order valence-corrected chi connectivity index (χ2v) is 4.30. The first-order valence-electron chi connectivity index (χ1n) is 7.35. The van der Waals surface area contributed by atoms with Crippen LogP contribution in [0, 0.1) is 11.3 Å². The Kier molecular flexibility index (Phi) is 9.42. The molecule has 2 rings (SSSR count). The zero-order valence-electron chi connectivity index (χ0n) is 14.1. The number of benzene rings is 2. The van der Waals surface area contributed by atoms with E-state index in [4.69, 9.17) is 10.4 Å². The number of nitrogens with one attached hydrogen (secondary N) is 1. The molecule has 0 unspecified atom stereocenters. The van der Waals surface area contributed by atoms with E-state index in [-0.39, 0.29) is 17.6 Å². The van der Waals surface area contributed by atoms with Gasteiger partial charge < -0.3 is 10.4 Å². The minimum Gasteiger partial charge on any atom is -0.506 e. The lowest BCUT2D eigenvalue weighted by Gasteiger charge is -2.07. The van der Waals surface area contributed by atoms with Gasteiger partial charge in [-0.15, -0.1) is 0 Å². The van der Waals surface area contributed by atoms with Gasteiger partial charge in [0.1, 0.15) is 5.75 Å². The summed E-state index contributed by atoms with van der Waals surface area (Å²) in [5.41, 5.74) is -0.110. The summed E-state index contributed by atoms with van der Waals surface area (Å²) in [7, 11) is 1.69. The predicted octanol–water partition coefficient (Wildman–Crippen LogP) is 4.85. The number of carbonyl (C=O) groups is 1. The molecule has 25 heavy (non-hydrogen) atoms. The van der Waals surface area contributed by atoms with Crippen LogP contribution in [0.3, 0.4) is 0 Å². The zero-order valence-corrected chi connectivity index (χ0v) is 14.1. The van der Waals surface area contributed by atoms with Crippen LogP contribution in [0.25, 0.3) is 0 Å². The van der Waals surface area contributed by atoms with Crippen molar-refractivity contribution >= 4 is 12.0 Å². The lowest BCUT2D eigenvalue weighted by molar-refractivity contribution is -0.137. The van der Waals surface area contributed by atoms with Crippen LogP contribution in [0.15, 0.2) is 42.5 Å². The van der Waals surface area contributed by atoms with E-state index in [0.717, 1.165) is 12.1 Å². The van der Waals surface area contributed by atoms with E-state index in [2.05, 4.69) is 5.32 Å². The molecule has 0 fully saturated rings. The molecule has 0 heterocycles. The van der Waals surface area contributed by atoms with Gasteiger partial charge in [0.15, 0.2) is 6.29 Å². The first kappa shape index (κ1) is 22.0. The average molecular weight is 352 g/mol. The van der Waals surface area contributed by atoms with Gasteiger partial charge in [0.05, 0.1) is 22.9 Å². The topological polar surface area (TPSA) is 73.1 Å². The Labute approximate surface area is 144 Å². The summed E-state index contributed by atoms with van der Waals surface area (Å²) >= 11 is 0. The van der Waals surface area contributed by atoms with Gasteiger partial charge in [-0.05, 0) is 24.3 Å². The maximum Gasteiger partial charge on any atom is 0.417 e. The first-order valence-corrected chi connectivity index (χ1v) is 7.35. The number of hydrogen-bond donors (Lipinski definition) is 2. The summed E-state index contributed by atoms with van der Waals surface area (Å²) in [5, 5.41) is 20.4.